The second-order valence-electron chi connectivity index (χ2n) is 4.39. The van der Waals surface area contributed by atoms with Gasteiger partial charge in [0.25, 0.3) is 0 Å². The standard InChI is InChI=1S/C13H9BrN4O2/c14-8-4-10-11(5-9(8)15)17-18(16-10)7-1-2-12-13(3-7)20-6-19-12/h1-5H,6,15H2. The minimum absolute atomic E-state index is 0.247. The molecule has 3 aromatic rings. The molecule has 0 spiro atoms. The molecule has 0 amide bonds. The van der Waals surface area contributed by atoms with Gasteiger partial charge in [0, 0.05) is 16.2 Å². The summed E-state index contributed by atoms with van der Waals surface area (Å²) in [7, 11) is 0. The lowest BCUT2D eigenvalue weighted by Crippen LogP contribution is -1.98. The molecule has 0 unspecified atom stereocenters. The highest BCUT2D eigenvalue weighted by atomic mass is 79.9. The van der Waals surface area contributed by atoms with Gasteiger partial charge in [-0.15, -0.1) is 10.2 Å². The number of nitrogens with zero attached hydrogens (tertiary/aromatic N) is 3. The van der Waals surface area contributed by atoms with Crippen LogP contribution in [0.5, 0.6) is 11.5 Å². The second kappa shape index (κ2) is 4.11. The van der Waals surface area contributed by atoms with Gasteiger partial charge in [0.15, 0.2) is 11.5 Å². The fourth-order valence-corrected chi connectivity index (χ4v) is 2.41. The maximum Gasteiger partial charge on any atom is 0.231 e. The maximum atomic E-state index is 5.85. The van der Waals surface area contributed by atoms with Crippen molar-refractivity contribution in [2.45, 2.75) is 0 Å². The van der Waals surface area contributed by atoms with Crippen molar-refractivity contribution in [2.75, 3.05) is 12.5 Å². The van der Waals surface area contributed by atoms with Gasteiger partial charge < -0.3 is 15.2 Å². The normalized spacial score (nSPS) is 13.1. The number of hydrogen-bond acceptors (Lipinski definition) is 5. The first-order valence-corrected chi connectivity index (χ1v) is 6.72. The number of nitrogen functional groups attached to an aromatic ring is 1. The number of rotatable bonds is 1. The lowest BCUT2D eigenvalue weighted by molar-refractivity contribution is 0.174. The molecule has 0 saturated carbocycles. The first kappa shape index (κ1) is 11.5. The summed E-state index contributed by atoms with van der Waals surface area (Å²) in [5.74, 6) is 1.43. The fraction of sp³-hybridized carbons (Fsp3) is 0.0769. The molecule has 100 valence electrons. The molecule has 2 aromatic carbocycles. The molecular formula is C13H9BrN4O2. The maximum absolute atomic E-state index is 5.85. The third-order valence-electron chi connectivity index (χ3n) is 3.09. The summed E-state index contributed by atoms with van der Waals surface area (Å²) in [4.78, 5) is 1.55. The highest BCUT2D eigenvalue weighted by Crippen LogP contribution is 2.33. The number of ether oxygens (including phenoxy) is 2. The van der Waals surface area contributed by atoms with Crippen molar-refractivity contribution in [1.29, 1.82) is 0 Å². The third kappa shape index (κ3) is 1.70. The van der Waals surface area contributed by atoms with Crippen molar-refractivity contribution in [1.82, 2.24) is 15.0 Å². The molecule has 2 heterocycles. The van der Waals surface area contributed by atoms with Crippen molar-refractivity contribution in [3.8, 4) is 17.2 Å². The Morgan fingerprint density at radius 2 is 1.80 bits per heavy atom. The molecular weight excluding hydrogens is 324 g/mol. The Balaban J connectivity index is 1.86. The van der Waals surface area contributed by atoms with E-state index < -0.39 is 0 Å². The van der Waals surface area contributed by atoms with E-state index in [4.69, 9.17) is 15.2 Å². The molecule has 0 atom stereocenters. The summed E-state index contributed by atoms with van der Waals surface area (Å²) in [6.07, 6.45) is 0. The summed E-state index contributed by atoms with van der Waals surface area (Å²) in [5, 5.41) is 8.85. The van der Waals surface area contributed by atoms with Crippen LogP contribution in [0, 0.1) is 0 Å². The van der Waals surface area contributed by atoms with Gasteiger partial charge in [-0.1, -0.05) is 0 Å². The van der Waals surface area contributed by atoms with E-state index in [2.05, 4.69) is 26.1 Å². The van der Waals surface area contributed by atoms with Crippen LogP contribution in [0.3, 0.4) is 0 Å². The van der Waals surface area contributed by atoms with Crippen LogP contribution < -0.4 is 15.2 Å². The quantitative estimate of drug-likeness (QED) is 0.693. The number of nitrogens with two attached hydrogens (primary N) is 1. The van der Waals surface area contributed by atoms with E-state index in [1.807, 2.05) is 24.3 Å². The zero-order chi connectivity index (χ0) is 13.7. The molecule has 6 nitrogen and oxygen atoms in total. The molecule has 2 N–H and O–H groups in total. The summed E-state index contributed by atoms with van der Waals surface area (Å²) in [6.45, 7) is 0.247. The van der Waals surface area contributed by atoms with Crippen molar-refractivity contribution in [3.05, 3.63) is 34.8 Å². The lowest BCUT2D eigenvalue weighted by Gasteiger charge is -2.00. The van der Waals surface area contributed by atoms with Crippen molar-refractivity contribution in [2.24, 2.45) is 0 Å². The van der Waals surface area contributed by atoms with E-state index >= 15 is 0 Å². The van der Waals surface area contributed by atoms with Crippen LogP contribution in [-0.4, -0.2) is 21.8 Å². The summed E-state index contributed by atoms with van der Waals surface area (Å²) >= 11 is 3.38. The molecule has 0 saturated heterocycles. The van der Waals surface area contributed by atoms with Gasteiger partial charge in [-0.3, -0.25) is 0 Å². The van der Waals surface area contributed by atoms with Crippen LogP contribution in [0.25, 0.3) is 16.7 Å². The fourth-order valence-electron chi connectivity index (χ4n) is 2.08. The predicted octanol–water partition coefficient (Wildman–Crippen LogP) is 2.49. The number of fused-ring (bicyclic) bond motifs is 2. The minimum atomic E-state index is 0.247. The zero-order valence-electron chi connectivity index (χ0n) is 10.2. The van der Waals surface area contributed by atoms with Gasteiger partial charge in [-0.05, 0) is 40.2 Å². The molecule has 1 aliphatic rings. The number of hydrogen-bond donors (Lipinski definition) is 1. The molecule has 0 fully saturated rings. The average Bonchev–Trinajstić information content (AvgIpc) is 3.04. The van der Waals surface area contributed by atoms with Crippen LogP contribution in [0.2, 0.25) is 0 Å². The van der Waals surface area contributed by atoms with Crippen LogP contribution >= 0.6 is 15.9 Å². The van der Waals surface area contributed by atoms with Gasteiger partial charge in [0.1, 0.15) is 11.0 Å². The highest BCUT2D eigenvalue weighted by Gasteiger charge is 2.15. The molecule has 1 aliphatic heterocycles. The Labute approximate surface area is 122 Å². The van der Waals surface area contributed by atoms with E-state index in [1.54, 1.807) is 10.9 Å². The van der Waals surface area contributed by atoms with E-state index in [1.165, 1.54) is 0 Å². The number of anilines is 1. The topological polar surface area (TPSA) is 75.2 Å². The molecule has 0 radical (unpaired) electrons. The summed E-state index contributed by atoms with van der Waals surface area (Å²) in [6, 6.07) is 9.21. The van der Waals surface area contributed by atoms with Gasteiger partial charge >= 0.3 is 0 Å². The van der Waals surface area contributed by atoms with Crippen LogP contribution in [-0.2, 0) is 0 Å². The molecule has 1 aromatic heterocycles. The lowest BCUT2D eigenvalue weighted by atomic mass is 10.3. The van der Waals surface area contributed by atoms with Crippen molar-refractivity contribution in [3.63, 3.8) is 0 Å². The minimum Gasteiger partial charge on any atom is -0.454 e. The Hall–Kier alpha value is -2.28. The Kier molecular flexibility index (Phi) is 2.37. The number of aromatic nitrogens is 3. The van der Waals surface area contributed by atoms with Gasteiger partial charge in [0.05, 0.1) is 5.69 Å². The Morgan fingerprint density at radius 3 is 2.65 bits per heavy atom. The molecule has 20 heavy (non-hydrogen) atoms. The van der Waals surface area contributed by atoms with Gasteiger partial charge in [-0.2, -0.15) is 4.80 Å². The van der Waals surface area contributed by atoms with Gasteiger partial charge in [-0.25, -0.2) is 0 Å². The first-order chi connectivity index (χ1) is 9.70. The average molecular weight is 333 g/mol. The monoisotopic (exact) mass is 332 g/mol. The smallest absolute Gasteiger partial charge is 0.231 e. The second-order valence-corrected chi connectivity index (χ2v) is 5.24. The van der Waals surface area contributed by atoms with E-state index in [0.29, 0.717) is 11.4 Å². The zero-order valence-corrected chi connectivity index (χ0v) is 11.8. The van der Waals surface area contributed by atoms with Gasteiger partial charge in [0.2, 0.25) is 6.79 Å². The largest absolute Gasteiger partial charge is 0.454 e. The molecule has 4 rings (SSSR count). The molecule has 0 aliphatic carbocycles. The molecule has 0 bridgehead atoms. The predicted molar refractivity (Wildman–Crippen MR) is 77.1 cm³/mol. The van der Waals surface area contributed by atoms with Crippen LogP contribution in [0.4, 0.5) is 5.69 Å². The van der Waals surface area contributed by atoms with E-state index in [9.17, 15) is 0 Å². The summed E-state index contributed by atoms with van der Waals surface area (Å²) in [5.41, 5.74) is 8.79. The SMILES string of the molecule is Nc1cc2nn(-c3ccc4c(c3)OCO4)nc2cc1Br. The number of halogens is 1. The van der Waals surface area contributed by atoms with Crippen LogP contribution in [0.1, 0.15) is 0 Å². The molecule has 7 heteroatoms. The Bertz CT molecular complexity index is 792. The van der Waals surface area contributed by atoms with E-state index in [-0.39, 0.29) is 6.79 Å². The Morgan fingerprint density at radius 1 is 1.05 bits per heavy atom. The van der Waals surface area contributed by atoms with Crippen molar-refractivity contribution >= 4 is 32.7 Å². The highest BCUT2D eigenvalue weighted by molar-refractivity contribution is 9.10. The number of benzene rings is 2. The first-order valence-electron chi connectivity index (χ1n) is 5.93. The van der Waals surface area contributed by atoms with Crippen LogP contribution in [0.15, 0.2) is 34.8 Å². The summed E-state index contributed by atoms with van der Waals surface area (Å²) < 4.78 is 11.4. The van der Waals surface area contributed by atoms with E-state index in [0.717, 1.165) is 26.9 Å². The third-order valence-corrected chi connectivity index (χ3v) is 3.77. The van der Waals surface area contributed by atoms with Crippen molar-refractivity contribution < 1.29 is 9.47 Å².